The van der Waals surface area contributed by atoms with E-state index < -0.39 is 94.0 Å². The van der Waals surface area contributed by atoms with E-state index in [-0.39, 0.29) is 30.2 Å². The van der Waals surface area contributed by atoms with Crippen LogP contribution in [0.15, 0.2) is 47.4 Å². The van der Waals surface area contributed by atoms with Gasteiger partial charge in [-0.05, 0) is 48.7 Å². The van der Waals surface area contributed by atoms with E-state index in [1.165, 1.54) is 0 Å². The van der Waals surface area contributed by atoms with Gasteiger partial charge < -0.3 is 25.3 Å². The third-order valence-electron chi connectivity index (χ3n) is 7.49. The Labute approximate surface area is 234 Å². The number of carbonyl (C=O) groups is 1. The molecule has 4 N–H and O–H groups in total. The van der Waals surface area contributed by atoms with E-state index in [0.717, 1.165) is 29.2 Å². The molecule has 1 amide bonds. The Morgan fingerprint density at radius 3 is 2.12 bits per heavy atom. The number of anilines is 1. The van der Waals surface area contributed by atoms with Gasteiger partial charge in [-0.25, -0.2) is 12.8 Å². The summed E-state index contributed by atoms with van der Waals surface area (Å²) in [4.78, 5) is 13.6. The first-order valence-corrected chi connectivity index (χ1v) is 13.8. The Hall–Kier alpha value is -2.99. The van der Waals surface area contributed by atoms with Gasteiger partial charge in [0.25, 0.3) is 15.6 Å². The molecule has 4 rings (SSSR count). The van der Waals surface area contributed by atoms with Gasteiger partial charge in [-0.2, -0.15) is 26.3 Å². The van der Waals surface area contributed by atoms with Crippen LogP contribution < -0.4 is 4.31 Å². The number of hydrogen-bond donors (Lipinski definition) is 4. The van der Waals surface area contributed by atoms with Crippen LogP contribution in [0.4, 0.5) is 36.4 Å². The summed E-state index contributed by atoms with van der Waals surface area (Å²) < 4.78 is 123. The molecule has 9 nitrogen and oxygen atoms in total. The summed E-state index contributed by atoms with van der Waals surface area (Å²) in [5.41, 5.74) is -7.55. The van der Waals surface area contributed by atoms with E-state index >= 15 is 0 Å². The van der Waals surface area contributed by atoms with E-state index in [1.807, 2.05) is 0 Å². The number of likely N-dealkylation sites (tertiary alicyclic amines) is 1. The summed E-state index contributed by atoms with van der Waals surface area (Å²) in [6, 6.07) is 2.24. The lowest BCUT2D eigenvalue weighted by Gasteiger charge is -2.39. The number of aliphatic hydroxyl groups excluding tert-OH is 3. The molecule has 0 saturated carbocycles. The smallest absolute Gasteiger partial charge is 0.394 e. The number of alkyl halides is 6. The molecule has 42 heavy (non-hydrogen) atoms. The minimum atomic E-state index is -6.18. The molecule has 17 heteroatoms. The molecule has 2 heterocycles. The lowest BCUT2D eigenvalue weighted by Crippen LogP contribution is -2.54. The van der Waals surface area contributed by atoms with E-state index in [1.54, 1.807) is 0 Å². The van der Waals surface area contributed by atoms with Crippen molar-refractivity contribution in [1.29, 1.82) is 0 Å². The molecule has 2 aliphatic rings. The van der Waals surface area contributed by atoms with Gasteiger partial charge in [0, 0.05) is 18.5 Å². The summed E-state index contributed by atoms with van der Waals surface area (Å²) in [6.07, 6.45) is -16.5. The van der Waals surface area contributed by atoms with Crippen molar-refractivity contribution in [1.82, 2.24) is 4.90 Å². The highest BCUT2D eigenvalue weighted by Crippen LogP contribution is 2.51. The van der Waals surface area contributed by atoms with Crippen molar-refractivity contribution < 1.29 is 64.4 Å². The number of nitrogens with zero attached hydrogens (tertiary/aromatic N) is 2. The molecule has 4 atom stereocenters. The van der Waals surface area contributed by atoms with Gasteiger partial charge in [-0.3, -0.25) is 9.10 Å². The topological polar surface area (TPSA) is 139 Å². The van der Waals surface area contributed by atoms with Gasteiger partial charge >= 0.3 is 12.4 Å². The first kappa shape index (κ1) is 31.9. The second kappa shape index (κ2) is 10.9. The largest absolute Gasteiger partial charge is 0.430 e. The fourth-order valence-corrected chi connectivity index (χ4v) is 7.00. The SMILES string of the molecule is O=C(CC1CCc2cc(C(O)(C(F)(F)F)C(F)(F)F)ccc2N1S(=O)(=O)c1ccc(F)cc1)N1CC(O)C(O)C1CO. The van der Waals surface area contributed by atoms with Gasteiger partial charge in [-0.1, -0.05) is 12.1 Å². The van der Waals surface area contributed by atoms with Crippen LogP contribution in [-0.4, -0.2) is 89.4 Å². The zero-order chi connectivity index (χ0) is 31.4. The highest BCUT2D eigenvalue weighted by molar-refractivity contribution is 7.92. The molecular weight excluding hydrogens is 605 g/mol. The zero-order valence-corrected chi connectivity index (χ0v) is 22.2. The number of hydrogen-bond acceptors (Lipinski definition) is 7. The van der Waals surface area contributed by atoms with Crippen LogP contribution in [0.5, 0.6) is 0 Å². The maximum atomic E-state index is 13.7. The number of halogens is 7. The minimum Gasteiger partial charge on any atom is -0.394 e. The lowest BCUT2D eigenvalue weighted by atomic mass is 9.87. The highest BCUT2D eigenvalue weighted by atomic mass is 32.2. The number of sulfonamides is 1. The molecule has 4 unspecified atom stereocenters. The van der Waals surface area contributed by atoms with Crippen molar-refractivity contribution in [3.05, 3.63) is 59.4 Å². The van der Waals surface area contributed by atoms with Crippen LogP contribution in [0.3, 0.4) is 0 Å². The van der Waals surface area contributed by atoms with Crippen LogP contribution in [0.25, 0.3) is 0 Å². The quantitative estimate of drug-likeness (QED) is 0.358. The van der Waals surface area contributed by atoms with Crippen molar-refractivity contribution in [2.24, 2.45) is 0 Å². The van der Waals surface area contributed by atoms with Crippen molar-refractivity contribution in [3.63, 3.8) is 0 Å². The summed E-state index contributed by atoms with van der Waals surface area (Å²) in [5, 5.41) is 39.4. The van der Waals surface area contributed by atoms with Gasteiger partial charge in [0.2, 0.25) is 5.91 Å². The number of rotatable bonds is 6. The fourth-order valence-electron chi connectivity index (χ4n) is 5.28. The average Bonchev–Trinajstić information content (AvgIpc) is 3.19. The Bertz CT molecular complexity index is 1420. The van der Waals surface area contributed by atoms with Gasteiger partial charge in [0.05, 0.1) is 35.4 Å². The number of benzene rings is 2. The van der Waals surface area contributed by atoms with Crippen molar-refractivity contribution >= 4 is 21.6 Å². The fraction of sp³-hybridized carbons (Fsp3) is 0.480. The molecule has 232 valence electrons. The summed E-state index contributed by atoms with van der Waals surface area (Å²) in [7, 11) is -4.72. The maximum Gasteiger partial charge on any atom is 0.430 e. The third kappa shape index (κ3) is 5.32. The molecule has 1 fully saturated rings. The van der Waals surface area contributed by atoms with Crippen molar-refractivity contribution in [2.45, 2.75) is 66.4 Å². The van der Waals surface area contributed by atoms with Crippen molar-refractivity contribution in [3.8, 4) is 0 Å². The molecule has 2 aromatic rings. The number of aliphatic hydroxyl groups is 4. The number of carbonyl (C=O) groups excluding carboxylic acids is 1. The molecule has 1 saturated heterocycles. The van der Waals surface area contributed by atoms with Gasteiger partial charge in [0.1, 0.15) is 11.9 Å². The number of β-amino-alcohol motifs (C(OH)–C–C–N with tert-alkyl or cyclic N) is 1. The summed E-state index contributed by atoms with van der Waals surface area (Å²) in [6.45, 7) is -1.13. The van der Waals surface area contributed by atoms with Crippen LogP contribution in [0, 0.1) is 5.82 Å². The summed E-state index contributed by atoms with van der Waals surface area (Å²) >= 11 is 0. The molecule has 2 aliphatic heterocycles. The Balaban J connectivity index is 1.80. The standard InChI is InChI=1S/C25H25F7N2O7S/c26-15-3-6-17(7-4-15)42(40,41)34-16(10-21(37)33-11-20(36)22(38)19(33)12-35)5-1-13-9-14(2-8-18(13)34)23(39,24(27,28)29)25(30,31)32/h2-4,6-9,16,19-20,22,35-36,38-39H,1,5,10-12H2. The van der Waals surface area contributed by atoms with Gasteiger partial charge in [0.15, 0.2) is 0 Å². The zero-order valence-electron chi connectivity index (χ0n) is 21.3. The molecule has 0 aromatic heterocycles. The normalized spacial score (nSPS) is 23.7. The number of amides is 1. The minimum absolute atomic E-state index is 0.284. The first-order chi connectivity index (χ1) is 19.3. The van der Waals surface area contributed by atoms with E-state index in [0.29, 0.717) is 16.4 Å². The van der Waals surface area contributed by atoms with Crippen LogP contribution in [0.1, 0.15) is 24.0 Å². The first-order valence-electron chi connectivity index (χ1n) is 12.4. The Morgan fingerprint density at radius 1 is 0.976 bits per heavy atom. The number of fused-ring (bicyclic) bond motifs is 1. The summed E-state index contributed by atoms with van der Waals surface area (Å²) in [5.74, 6) is -1.61. The highest BCUT2D eigenvalue weighted by Gasteiger charge is 2.71. The van der Waals surface area contributed by atoms with Crippen LogP contribution >= 0.6 is 0 Å². The van der Waals surface area contributed by atoms with E-state index in [9.17, 15) is 64.4 Å². The Kier molecular flexibility index (Phi) is 8.31. The third-order valence-corrected chi connectivity index (χ3v) is 9.37. The predicted molar refractivity (Wildman–Crippen MR) is 130 cm³/mol. The number of aryl methyl sites for hydroxylation is 1. The second-order valence-electron chi connectivity index (χ2n) is 10.1. The molecule has 0 radical (unpaired) electrons. The monoisotopic (exact) mass is 630 g/mol. The second-order valence-corrected chi connectivity index (χ2v) is 11.9. The molecule has 0 spiro atoms. The Morgan fingerprint density at radius 2 is 1.57 bits per heavy atom. The maximum absolute atomic E-state index is 13.7. The van der Waals surface area contributed by atoms with E-state index in [4.69, 9.17) is 0 Å². The molecular formula is C25H25F7N2O7S. The predicted octanol–water partition coefficient (Wildman–Crippen LogP) is 1.96. The molecule has 0 aliphatic carbocycles. The average molecular weight is 631 g/mol. The van der Waals surface area contributed by atoms with Crippen LogP contribution in [-0.2, 0) is 26.8 Å². The lowest BCUT2D eigenvalue weighted by molar-refractivity contribution is -0.376. The van der Waals surface area contributed by atoms with Crippen LogP contribution in [0.2, 0.25) is 0 Å². The van der Waals surface area contributed by atoms with Crippen molar-refractivity contribution in [2.75, 3.05) is 17.5 Å². The van der Waals surface area contributed by atoms with Gasteiger partial charge in [-0.15, -0.1) is 0 Å². The molecule has 2 aromatic carbocycles. The van der Waals surface area contributed by atoms with E-state index in [2.05, 4.69) is 0 Å². The molecule has 0 bridgehead atoms.